The predicted octanol–water partition coefficient (Wildman–Crippen LogP) is 13.2. The third-order valence-electron chi connectivity index (χ3n) is 13.1. The first-order chi connectivity index (χ1) is 44.3. The fraction of sp³-hybridized carbons (Fsp3) is 0.101. The fourth-order valence-electron chi connectivity index (χ4n) is 8.34. The molecule has 4 saturated heterocycles. The van der Waals surface area contributed by atoms with E-state index in [1.54, 1.807) is 78.9 Å². The van der Waals surface area contributed by atoms with Crippen LogP contribution in [0.2, 0.25) is 0 Å². The van der Waals surface area contributed by atoms with Gasteiger partial charge in [-0.15, -0.1) is 0 Å². The van der Waals surface area contributed by atoms with E-state index in [9.17, 15) is 47.9 Å². The van der Waals surface area contributed by atoms with Gasteiger partial charge in [0.1, 0.15) is 52.8 Å². The molecule has 8 amide bonds. The number of aromatic hydroxyl groups is 3. The number of rotatable bonds is 15. The highest BCUT2D eigenvalue weighted by molar-refractivity contribution is 8.18. The van der Waals surface area contributed by atoms with Crippen molar-refractivity contribution in [2.75, 3.05) is 0 Å². The molecule has 0 spiro atoms. The molecule has 4 aliphatic rings. The van der Waals surface area contributed by atoms with Crippen LogP contribution >= 0.6 is 47.0 Å². The Kier molecular flexibility index (Phi) is 24.5. The van der Waals surface area contributed by atoms with Crippen LogP contribution in [0, 0.1) is 6.92 Å². The lowest BCUT2D eigenvalue weighted by atomic mass is 10.1. The van der Waals surface area contributed by atoms with E-state index in [2.05, 4.69) is 64.6 Å². The van der Waals surface area contributed by atoms with Crippen molar-refractivity contribution in [3.05, 3.63) is 249 Å². The summed E-state index contributed by atoms with van der Waals surface area (Å²) in [6.07, 6.45) is 8.80. The van der Waals surface area contributed by atoms with Crippen LogP contribution in [0.4, 0.5) is 19.2 Å². The number of imide groups is 4. The van der Waals surface area contributed by atoms with Gasteiger partial charge in [0.2, 0.25) is 17.7 Å². The van der Waals surface area contributed by atoms with Gasteiger partial charge >= 0.3 is 0 Å². The molecule has 3 atom stereocenters. The minimum absolute atomic E-state index is 0.164. The smallest absolute Gasteiger partial charge is 0.290 e. The quantitative estimate of drug-likeness (QED) is 0.0285. The summed E-state index contributed by atoms with van der Waals surface area (Å²) in [6, 6.07) is 57.1. The number of amides is 8. The highest BCUT2D eigenvalue weighted by Gasteiger charge is 2.33. The summed E-state index contributed by atoms with van der Waals surface area (Å²) in [6.45, 7) is 2.08. The number of carbonyl (C=O) groups excluding carboxylic acids is 10. The molecule has 0 bridgehead atoms. The van der Waals surface area contributed by atoms with Gasteiger partial charge in [-0.1, -0.05) is 138 Å². The van der Waals surface area contributed by atoms with Gasteiger partial charge in [-0.05, 0) is 187 Å². The number of aryl methyl sites for hydroxylation is 1. The maximum atomic E-state index is 11.7. The van der Waals surface area contributed by atoms with E-state index in [1.165, 1.54) is 35.4 Å². The molecule has 8 aromatic carbocycles. The highest BCUT2D eigenvalue weighted by Crippen LogP contribution is 2.30. The Morgan fingerprint density at radius 3 is 0.978 bits per heavy atom. The van der Waals surface area contributed by atoms with Gasteiger partial charge < -0.3 is 24.8 Å². The van der Waals surface area contributed by atoms with Crippen molar-refractivity contribution in [2.45, 2.75) is 41.9 Å². The first-order valence-corrected chi connectivity index (χ1v) is 31.3. The second-order valence-electron chi connectivity index (χ2n) is 20.1. The summed E-state index contributed by atoms with van der Waals surface area (Å²) < 4.78 is 11.6. The molecule has 0 radical (unpaired) electrons. The van der Waals surface area contributed by atoms with Crippen LogP contribution in [0.1, 0.15) is 59.7 Å². The van der Waals surface area contributed by atoms with Crippen LogP contribution in [-0.4, -0.2) is 88.2 Å². The Morgan fingerprint density at radius 1 is 0.370 bits per heavy atom. The lowest BCUT2D eigenvalue weighted by Gasteiger charge is -2.08. The molecule has 4 heterocycles. The Morgan fingerprint density at radius 2 is 0.663 bits per heavy atom. The van der Waals surface area contributed by atoms with Crippen LogP contribution in [0.25, 0.3) is 18.2 Å². The topological polar surface area (TPSA) is 298 Å². The van der Waals surface area contributed by atoms with Crippen molar-refractivity contribution in [1.82, 2.24) is 21.3 Å². The van der Waals surface area contributed by atoms with Gasteiger partial charge in [-0.25, -0.2) is 0 Å². The van der Waals surface area contributed by atoms with E-state index in [1.807, 2.05) is 72.8 Å². The van der Waals surface area contributed by atoms with Crippen molar-refractivity contribution in [3.8, 4) is 40.2 Å². The summed E-state index contributed by atoms with van der Waals surface area (Å²) in [5, 5.41) is 33.6. The lowest BCUT2D eigenvalue weighted by Crippen LogP contribution is -2.25. The maximum absolute atomic E-state index is 11.7. The minimum atomic E-state index is -0.377. The average molecular weight is 1310 g/mol. The molecule has 7 N–H and O–H groups in total. The SMILES string of the molecule is Cc1ccc(/C=C\c2ccc(Oc3ccc(CC4SC(=O)NC4=O)cc3)cc2)cc1.O=C1NC(=O)/C(=C/c2ccc(O)cc2)S1.O=C1NC(=O)C(Cc2ccc(O)cc2)S1.O=Cc1ccc(O)cc1.O=Cc1ccc(Oc2ccc(CC3SC(=O)NC3=O)cc2)cc1. The second-order valence-corrected chi connectivity index (χ2v) is 24.6. The molecule has 4 fully saturated rings. The van der Waals surface area contributed by atoms with Crippen molar-refractivity contribution in [2.24, 2.45) is 0 Å². The summed E-state index contributed by atoms with van der Waals surface area (Å²) in [5.74, 6) is 2.24. The summed E-state index contributed by atoms with van der Waals surface area (Å²) >= 11 is 3.95. The normalized spacial score (nSPS) is 16.7. The molecular formula is C69H56N4O15S4. The molecule has 8 aromatic rings. The predicted molar refractivity (Wildman–Crippen MR) is 356 cm³/mol. The van der Waals surface area contributed by atoms with Crippen LogP contribution in [-0.2, 0) is 38.4 Å². The molecular weight excluding hydrogens is 1250 g/mol. The number of benzene rings is 8. The minimum Gasteiger partial charge on any atom is -0.508 e. The zero-order valence-electron chi connectivity index (χ0n) is 48.6. The van der Waals surface area contributed by atoms with Crippen LogP contribution in [0.3, 0.4) is 0 Å². The summed E-state index contributed by atoms with van der Waals surface area (Å²) in [4.78, 5) is 111. The molecule has 23 heteroatoms. The highest BCUT2D eigenvalue weighted by atomic mass is 32.2. The number of hydrogen-bond donors (Lipinski definition) is 7. The standard InChI is InChI=1S/C25H21NO3S.C17H13NO4S.C10H9NO3S.C10H7NO3S.C7H6O2/c1-17-2-4-18(5-3-17)6-7-19-8-12-21(13-9-19)29-22-14-10-20(11-15-22)16-23-24(27)26-25(28)30-23;19-10-12-3-7-14(8-4-12)22-13-5-1-11(2-6-13)9-15-16(20)18-17(21)23-15;2*12-7-3-1-6(2-4-7)5-8-9(13)11-10(14)15-8;8-5-6-1-3-7(9)4-2-6/h2-15,23H,16H2,1H3,(H,26,27,28);1-8,10,15H,9H2,(H,18,20,21);1-4,8,12H,5H2,(H,11,13,14);1-5,12H,(H,11,13,14);1-5,9H/b7-6-;;;8-5-;. The van der Waals surface area contributed by atoms with E-state index in [0.29, 0.717) is 46.8 Å². The largest absolute Gasteiger partial charge is 0.508 e. The van der Waals surface area contributed by atoms with E-state index >= 15 is 0 Å². The zero-order chi connectivity index (χ0) is 65.5. The Labute approximate surface area is 544 Å². The molecule has 0 aliphatic carbocycles. The molecule has 0 saturated carbocycles. The van der Waals surface area contributed by atoms with E-state index in [0.717, 1.165) is 98.9 Å². The number of aldehydes is 2. The molecule has 0 aromatic heterocycles. The van der Waals surface area contributed by atoms with Crippen LogP contribution < -0.4 is 30.7 Å². The Hall–Kier alpha value is -10.5. The lowest BCUT2D eigenvalue weighted by molar-refractivity contribution is -0.119. The molecule has 466 valence electrons. The Bertz CT molecular complexity index is 4020. The van der Waals surface area contributed by atoms with Crippen LogP contribution in [0.15, 0.2) is 199 Å². The van der Waals surface area contributed by atoms with Gasteiger partial charge in [0.15, 0.2) is 0 Å². The van der Waals surface area contributed by atoms with Gasteiger partial charge in [0, 0.05) is 11.1 Å². The first-order valence-electron chi connectivity index (χ1n) is 27.9. The molecule has 19 nitrogen and oxygen atoms in total. The van der Waals surface area contributed by atoms with Crippen LogP contribution in [0.5, 0.6) is 40.2 Å². The molecule has 92 heavy (non-hydrogen) atoms. The number of carbonyl (C=O) groups is 10. The number of ether oxygens (including phenoxy) is 2. The van der Waals surface area contributed by atoms with Crippen molar-refractivity contribution >= 4 is 122 Å². The summed E-state index contributed by atoms with van der Waals surface area (Å²) in [7, 11) is 0. The van der Waals surface area contributed by atoms with Crippen molar-refractivity contribution in [1.29, 1.82) is 0 Å². The van der Waals surface area contributed by atoms with E-state index in [-0.39, 0.29) is 77.6 Å². The number of phenols is 3. The van der Waals surface area contributed by atoms with Gasteiger partial charge in [-0.2, -0.15) is 0 Å². The first kappa shape index (κ1) is 67.5. The number of thioether (sulfide) groups is 4. The second kappa shape index (κ2) is 33.4. The van der Waals surface area contributed by atoms with Crippen molar-refractivity contribution < 1.29 is 72.7 Å². The third-order valence-corrected chi connectivity index (χ3v) is 16.9. The zero-order valence-corrected chi connectivity index (χ0v) is 51.9. The molecule has 12 rings (SSSR count). The number of hydrogen-bond acceptors (Lipinski definition) is 19. The van der Waals surface area contributed by atoms with Gasteiger partial charge in [0.25, 0.3) is 26.9 Å². The monoisotopic (exact) mass is 1310 g/mol. The van der Waals surface area contributed by atoms with Gasteiger partial charge in [-0.3, -0.25) is 69.2 Å². The number of phenolic OH excluding ortho intramolecular Hbond substituents is 3. The third kappa shape index (κ3) is 21.7. The summed E-state index contributed by atoms with van der Waals surface area (Å²) in [5.41, 5.74) is 8.31. The maximum Gasteiger partial charge on any atom is 0.290 e. The molecule has 3 unspecified atom stereocenters. The fourth-order valence-corrected chi connectivity index (χ4v) is 11.6. The van der Waals surface area contributed by atoms with Gasteiger partial charge in [0.05, 0.1) is 20.7 Å². The Balaban J connectivity index is 0.000000156. The van der Waals surface area contributed by atoms with Crippen molar-refractivity contribution in [3.63, 3.8) is 0 Å². The van der Waals surface area contributed by atoms with E-state index < -0.39 is 0 Å². The average Bonchev–Trinajstić information content (AvgIpc) is 1.91. The number of nitrogens with one attached hydrogen (secondary N) is 4. The molecule has 4 aliphatic heterocycles. The van der Waals surface area contributed by atoms with E-state index in [4.69, 9.17) is 24.8 Å².